The van der Waals surface area contributed by atoms with Crippen LogP contribution >= 0.6 is 23.2 Å². The van der Waals surface area contributed by atoms with Crippen molar-refractivity contribution >= 4 is 41.2 Å². The fourth-order valence-electron chi connectivity index (χ4n) is 4.13. The molecule has 1 aliphatic heterocycles. The van der Waals surface area contributed by atoms with Crippen molar-refractivity contribution < 1.29 is 33.3 Å². The fourth-order valence-corrected chi connectivity index (χ4v) is 4.58. The minimum atomic E-state index is -0.914. The van der Waals surface area contributed by atoms with Crippen molar-refractivity contribution in [3.8, 4) is 28.7 Å². The average molecular weight is 631 g/mol. The maximum Gasteiger partial charge on any atom is 0.262 e. The number of rotatable bonds is 13. The number of amides is 2. The van der Waals surface area contributed by atoms with E-state index >= 15 is 0 Å². The molecule has 12 heteroatoms. The lowest BCUT2D eigenvalue weighted by Crippen LogP contribution is -2.49. The van der Waals surface area contributed by atoms with Gasteiger partial charge in [0.25, 0.3) is 11.8 Å². The molecule has 2 N–H and O–H groups in total. The van der Waals surface area contributed by atoms with Gasteiger partial charge in [-0.25, -0.2) is 5.43 Å². The molecule has 2 atom stereocenters. The van der Waals surface area contributed by atoms with Crippen LogP contribution in [0.5, 0.6) is 28.7 Å². The summed E-state index contributed by atoms with van der Waals surface area (Å²) in [6.07, 6.45) is 0.956. The molecular weight excluding hydrogens is 597 g/mol. The molecule has 0 fully saturated rings. The van der Waals surface area contributed by atoms with Gasteiger partial charge in [-0.2, -0.15) is 5.10 Å². The standard InChI is InChI=1S/C31H33Cl2N3O7/c1-18(2)11-24(35-30(37)19(3)43-25-10-7-22(32)14-23(25)33)31(38)36-34-15-20-5-8-26(28(12-20)39-4)40-16-21-6-9-27-29(13-21)42-17-41-27/h5-10,12-15,18-19,24H,11,16-17H2,1-4H3,(H,35,37)(H,36,38)/b34-15-/t19-,24+/m1/s1. The highest BCUT2D eigenvalue weighted by Crippen LogP contribution is 2.34. The number of fused-ring (bicyclic) bond motifs is 1. The Kier molecular flexibility index (Phi) is 11.0. The fraction of sp³-hybridized carbons (Fsp3) is 0.323. The molecule has 3 aromatic carbocycles. The predicted molar refractivity (Wildman–Crippen MR) is 164 cm³/mol. The van der Waals surface area contributed by atoms with Crippen molar-refractivity contribution in [2.75, 3.05) is 13.9 Å². The Bertz CT molecular complexity index is 1480. The molecule has 0 unspecified atom stereocenters. The van der Waals surface area contributed by atoms with Gasteiger partial charge >= 0.3 is 0 Å². The molecule has 1 heterocycles. The van der Waals surface area contributed by atoms with Gasteiger partial charge in [0, 0.05) is 5.02 Å². The van der Waals surface area contributed by atoms with E-state index in [0.717, 1.165) is 5.56 Å². The van der Waals surface area contributed by atoms with E-state index in [1.165, 1.54) is 19.4 Å². The van der Waals surface area contributed by atoms with Crippen LogP contribution in [-0.4, -0.2) is 44.1 Å². The first-order valence-corrected chi connectivity index (χ1v) is 14.3. The number of nitrogens with zero attached hydrogens (tertiary/aromatic N) is 1. The summed E-state index contributed by atoms with van der Waals surface area (Å²) in [4.78, 5) is 25.8. The number of benzene rings is 3. The molecule has 228 valence electrons. The quantitative estimate of drug-likeness (QED) is 0.182. The van der Waals surface area contributed by atoms with Gasteiger partial charge in [0.05, 0.1) is 18.3 Å². The summed E-state index contributed by atoms with van der Waals surface area (Å²) in [6.45, 7) is 5.98. The summed E-state index contributed by atoms with van der Waals surface area (Å²) in [5, 5.41) is 7.55. The van der Waals surface area contributed by atoms with Crippen molar-refractivity contribution in [1.82, 2.24) is 10.7 Å². The van der Waals surface area contributed by atoms with Gasteiger partial charge in [-0.1, -0.05) is 43.1 Å². The van der Waals surface area contributed by atoms with Crippen molar-refractivity contribution in [3.05, 3.63) is 75.8 Å². The average Bonchev–Trinajstić information content (AvgIpc) is 3.45. The van der Waals surface area contributed by atoms with Crippen molar-refractivity contribution in [2.24, 2.45) is 11.0 Å². The van der Waals surface area contributed by atoms with Crippen molar-refractivity contribution in [3.63, 3.8) is 0 Å². The van der Waals surface area contributed by atoms with Gasteiger partial charge in [-0.05, 0) is 78.9 Å². The first-order valence-electron chi connectivity index (χ1n) is 13.6. The van der Waals surface area contributed by atoms with Crippen LogP contribution in [0.25, 0.3) is 0 Å². The second-order valence-corrected chi connectivity index (χ2v) is 11.0. The number of carbonyl (C=O) groups is 2. The maximum absolute atomic E-state index is 13.0. The monoisotopic (exact) mass is 629 g/mol. The zero-order valence-electron chi connectivity index (χ0n) is 24.2. The van der Waals surface area contributed by atoms with E-state index in [1.807, 2.05) is 32.0 Å². The number of methoxy groups -OCH3 is 1. The van der Waals surface area contributed by atoms with E-state index in [0.29, 0.717) is 52.4 Å². The Balaban J connectivity index is 1.33. The first kappa shape index (κ1) is 31.8. The van der Waals surface area contributed by atoms with Crippen LogP contribution in [0.4, 0.5) is 0 Å². The van der Waals surface area contributed by atoms with Crippen LogP contribution in [0.15, 0.2) is 59.7 Å². The summed E-state index contributed by atoms with van der Waals surface area (Å²) in [7, 11) is 1.54. The van der Waals surface area contributed by atoms with Gasteiger partial charge in [0.2, 0.25) is 6.79 Å². The lowest BCUT2D eigenvalue weighted by Gasteiger charge is -2.22. The van der Waals surface area contributed by atoms with Crippen LogP contribution in [0.2, 0.25) is 10.0 Å². The molecule has 0 aromatic heterocycles. The Morgan fingerprint density at radius 2 is 1.72 bits per heavy atom. The Labute approximate surface area is 260 Å². The van der Waals surface area contributed by atoms with E-state index < -0.39 is 24.0 Å². The molecule has 1 aliphatic rings. The Morgan fingerprint density at radius 1 is 0.953 bits per heavy atom. The van der Waals surface area contributed by atoms with Gasteiger partial charge in [-0.3, -0.25) is 9.59 Å². The van der Waals surface area contributed by atoms with Crippen LogP contribution in [0.3, 0.4) is 0 Å². The van der Waals surface area contributed by atoms with Crippen molar-refractivity contribution in [1.29, 1.82) is 0 Å². The third kappa shape index (κ3) is 8.92. The SMILES string of the molecule is COc1cc(/C=N\NC(=O)[C@H](CC(C)C)NC(=O)[C@@H](C)Oc2ccc(Cl)cc2Cl)ccc1OCc1ccc2c(c1)OCO2. The van der Waals surface area contributed by atoms with Gasteiger partial charge < -0.3 is 29.0 Å². The van der Waals surface area contributed by atoms with E-state index in [1.54, 1.807) is 37.3 Å². The molecule has 2 amide bonds. The third-order valence-electron chi connectivity index (χ3n) is 6.31. The Morgan fingerprint density at radius 3 is 2.47 bits per heavy atom. The molecule has 0 saturated heterocycles. The number of hydrazone groups is 1. The minimum absolute atomic E-state index is 0.122. The zero-order valence-corrected chi connectivity index (χ0v) is 25.7. The summed E-state index contributed by atoms with van der Waals surface area (Å²) in [6, 6.07) is 14.8. The van der Waals surface area contributed by atoms with E-state index in [2.05, 4.69) is 15.8 Å². The Hall–Kier alpha value is -4.15. The van der Waals surface area contributed by atoms with Crippen molar-refractivity contribution in [2.45, 2.75) is 45.9 Å². The molecular formula is C31H33Cl2N3O7. The number of nitrogens with one attached hydrogen (secondary N) is 2. The number of halogens is 2. The van der Waals surface area contributed by atoms with Gasteiger partial charge in [-0.15, -0.1) is 0 Å². The number of hydrogen-bond donors (Lipinski definition) is 2. The molecule has 0 bridgehead atoms. The van der Waals surface area contributed by atoms with E-state index in [4.69, 9.17) is 46.9 Å². The molecule has 3 aromatic rings. The lowest BCUT2D eigenvalue weighted by molar-refractivity contribution is -0.132. The van der Waals surface area contributed by atoms with Crippen LogP contribution < -0.4 is 34.4 Å². The van der Waals surface area contributed by atoms with Crippen LogP contribution in [-0.2, 0) is 16.2 Å². The number of carbonyl (C=O) groups excluding carboxylic acids is 2. The topological polar surface area (TPSA) is 117 Å². The molecule has 0 aliphatic carbocycles. The van der Waals surface area contributed by atoms with E-state index in [-0.39, 0.29) is 17.7 Å². The maximum atomic E-state index is 13.0. The van der Waals surface area contributed by atoms with E-state index in [9.17, 15) is 9.59 Å². The smallest absolute Gasteiger partial charge is 0.262 e. The predicted octanol–water partition coefficient (Wildman–Crippen LogP) is 5.76. The largest absolute Gasteiger partial charge is 0.493 e. The molecule has 0 saturated carbocycles. The summed E-state index contributed by atoms with van der Waals surface area (Å²) in [5.41, 5.74) is 4.09. The van der Waals surface area contributed by atoms with Crippen LogP contribution in [0.1, 0.15) is 38.3 Å². The third-order valence-corrected chi connectivity index (χ3v) is 6.84. The first-order chi connectivity index (χ1) is 20.6. The normalized spacial score (nSPS) is 13.5. The molecule has 10 nitrogen and oxygen atoms in total. The summed E-state index contributed by atoms with van der Waals surface area (Å²) >= 11 is 12.1. The molecule has 0 radical (unpaired) electrons. The second kappa shape index (κ2) is 14.8. The van der Waals surface area contributed by atoms with Gasteiger partial charge in [0.15, 0.2) is 29.1 Å². The highest BCUT2D eigenvalue weighted by molar-refractivity contribution is 6.35. The second-order valence-electron chi connectivity index (χ2n) is 10.1. The van der Waals surface area contributed by atoms with Crippen LogP contribution in [0, 0.1) is 5.92 Å². The summed E-state index contributed by atoms with van der Waals surface area (Å²) < 4.78 is 27.9. The minimum Gasteiger partial charge on any atom is -0.493 e. The summed E-state index contributed by atoms with van der Waals surface area (Å²) in [5.74, 6) is 1.91. The highest BCUT2D eigenvalue weighted by atomic mass is 35.5. The number of hydrogen-bond acceptors (Lipinski definition) is 8. The molecule has 0 spiro atoms. The zero-order chi connectivity index (χ0) is 30.9. The van der Waals surface area contributed by atoms with Gasteiger partial charge in [0.1, 0.15) is 18.4 Å². The lowest BCUT2D eigenvalue weighted by atomic mass is 10.0. The molecule has 43 heavy (non-hydrogen) atoms. The molecule has 4 rings (SSSR count). The number of ether oxygens (including phenoxy) is 5. The highest BCUT2D eigenvalue weighted by Gasteiger charge is 2.25.